The zero-order valence-corrected chi connectivity index (χ0v) is 16.3. The first-order valence-corrected chi connectivity index (χ1v) is 9.89. The number of carbonyl (C=O) groups is 4. The second-order valence-corrected chi connectivity index (χ2v) is 7.45. The average molecular weight is 403 g/mol. The van der Waals surface area contributed by atoms with Crippen molar-refractivity contribution >= 4 is 23.6 Å². The lowest BCUT2D eigenvalue weighted by atomic mass is 9.85. The number of hydrogen-bond donors (Lipinski definition) is 0. The monoisotopic (exact) mass is 403 g/mol. The summed E-state index contributed by atoms with van der Waals surface area (Å²) in [5.74, 6) is -2.57. The number of hydrogen-bond acceptors (Lipinski definition) is 5. The number of esters is 1. The molecule has 0 spiro atoms. The number of rotatable bonds is 6. The molecule has 6 nitrogen and oxygen atoms in total. The molecule has 0 radical (unpaired) electrons. The van der Waals surface area contributed by atoms with Crippen molar-refractivity contribution in [3.05, 3.63) is 72.3 Å². The molecule has 0 aromatic heterocycles. The van der Waals surface area contributed by atoms with Gasteiger partial charge >= 0.3 is 5.97 Å². The molecule has 1 heterocycles. The molecule has 2 amide bonds. The Balaban J connectivity index is 1.31. The summed E-state index contributed by atoms with van der Waals surface area (Å²) < 4.78 is 5.03. The van der Waals surface area contributed by atoms with Crippen LogP contribution in [0.3, 0.4) is 0 Å². The van der Waals surface area contributed by atoms with Gasteiger partial charge in [0.05, 0.1) is 11.8 Å². The van der Waals surface area contributed by atoms with Gasteiger partial charge in [-0.1, -0.05) is 66.7 Å². The SMILES string of the molecule is O=C(CN1C(=O)[C@@H]2CC=CC[C@H]2C1=O)OCC(=O)c1ccc(-c2ccccc2)cc1. The normalized spacial score (nSPS) is 20.2. The summed E-state index contributed by atoms with van der Waals surface area (Å²) in [4.78, 5) is 50.2. The molecule has 152 valence electrons. The summed E-state index contributed by atoms with van der Waals surface area (Å²) in [5, 5.41) is 0. The topological polar surface area (TPSA) is 80.8 Å². The second kappa shape index (κ2) is 8.45. The summed E-state index contributed by atoms with van der Waals surface area (Å²) in [6.45, 7) is -0.890. The highest BCUT2D eigenvalue weighted by Gasteiger charge is 2.47. The van der Waals surface area contributed by atoms with Gasteiger partial charge in [-0.2, -0.15) is 0 Å². The lowest BCUT2D eigenvalue weighted by Gasteiger charge is -2.14. The van der Waals surface area contributed by atoms with Crippen LogP contribution in [0.15, 0.2) is 66.7 Å². The number of ketones is 1. The number of allylic oxidation sites excluding steroid dienone is 2. The number of nitrogens with zero attached hydrogens (tertiary/aromatic N) is 1. The van der Waals surface area contributed by atoms with Crippen LogP contribution in [-0.4, -0.2) is 41.6 Å². The van der Waals surface area contributed by atoms with E-state index in [9.17, 15) is 19.2 Å². The molecule has 1 aliphatic heterocycles. The third kappa shape index (κ3) is 3.94. The zero-order chi connectivity index (χ0) is 21.1. The number of likely N-dealkylation sites (tertiary alicyclic amines) is 1. The maximum Gasteiger partial charge on any atom is 0.326 e. The van der Waals surface area contributed by atoms with Crippen LogP contribution in [0.5, 0.6) is 0 Å². The summed E-state index contributed by atoms with van der Waals surface area (Å²) in [5.41, 5.74) is 2.44. The maximum atomic E-state index is 12.4. The van der Waals surface area contributed by atoms with E-state index in [1.807, 2.05) is 54.6 Å². The van der Waals surface area contributed by atoms with E-state index in [0.29, 0.717) is 18.4 Å². The van der Waals surface area contributed by atoms with E-state index in [2.05, 4.69) is 0 Å². The number of benzene rings is 2. The quantitative estimate of drug-likeness (QED) is 0.321. The van der Waals surface area contributed by atoms with Crippen molar-refractivity contribution < 1.29 is 23.9 Å². The predicted molar refractivity (Wildman–Crippen MR) is 109 cm³/mol. The fraction of sp³-hybridized carbons (Fsp3) is 0.250. The number of imide groups is 1. The van der Waals surface area contributed by atoms with Crippen LogP contribution in [0.25, 0.3) is 11.1 Å². The van der Waals surface area contributed by atoms with Crippen molar-refractivity contribution in [1.82, 2.24) is 4.90 Å². The molecule has 1 aliphatic carbocycles. The molecule has 0 unspecified atom stereocenters. The predicted octanol–water partition coefficient (Wildman–Crippen LogP) is 3.03. The molecule has 0 saturated carbocycles. The van der Waals surface area contributed by atoms with E-state index < -0.39 is 19.1 Å². The lowest BCUT2D eigenvalue weighted by Crippen LogP contribution is -2.37. The zero-order valence-electron chi connectivity index (χ0n) is 16.3. The third-order valence-electron chi connectivity index (χ3n) is 5.56. The van der Waals surface area contributed by atoms with Crippen molar-refractivity contribution in [2.24, 2.45) is 11.8 Å². The highest BCUT2D eigenvalue weighted by atomic mass is 16.5. The molecule has 0 N–H and O–H groups in total. The van der Waals surface area contributed by atoms with Crippen molar-refractivity contribution in [3.63, 3.8) is 0 Å². The summed E-state index contributed by atoms with van der Waals surface area (Å²) in [6, 6.07) is 16.8. The minimum absolute atomic E-state index is 0.339. The highest BCUT2D eigenvalue weighted by Crippen LogP contribution is 2.34. The third-order valence-corrected chi connectivity index (χ3v) is 5.56. The van der Waals surface area contributed by atoms with Crippen molar-refractivity contribution in [1.29, 1.82) is 0 Å². The van der Waals surface area contributed by atoms with Gasteiger partial charge in [0.2, 0.25) is 11.8 Å². The largest absolute Gasteiger partial charge is 0.456 e. The van der Waals surface area contributed by atoms with Crippen LogP contribution in [0.4, 0.5) is 0 Å². The summed E-state index contributed by atoms with van der Waals surface area (Å²) in [6.07, 6.45) is 4.79. The van der Waals surface area contributed by atoms with E-state index in [0.717, 1.165) is 16.0 Å². The van der Waals surface area contributed by atoms with E-state index in [1.165, 1.54) is 0 Å². The van der Waals surface area contributed by atoms with Gasteiger partial charge in [-0.15, -0.1) is 0 Å². The number of amides is 2. The Bertz CT molecular complexity index is 984. The molecule has 4 rings (SSSR count). The van der Waals surface area contributed by atoms with Crippen LogP contribution in [0.2, 0.25) is 0 Å². The number of fused-ring (bicyclic) bond motifs is 1. The minimum Gasteiger partial charge on any atom is -0.456 e. The van der Waals surface area contributed by atoms with Crippen molar-refractivity contribution in [3.8, 4) is 11.1 Å². The molecule has 2 aliphatic rings. The molecule has 1 fully saturated rings. The van der Waals surface area contributed by atoms with Gasteiger partial charge < -0.3 is 4.74 Å². The Hall–Kier alpha value is -3.54. The van der Waals surface area contributed by atoms with Crippen LogP contribution in [0.1, 0.15) is 23.2 Å². The fourth-order valence-electron chi connectivity index (χ4n) is 3.91. The second-order valence-electron chi connectivity index (χ2n) is 7.45. The Morgan fingerprint density at radius 2 is 1.40 bits per heavy atom. The van der Waals surface area contributed by atoms with Gasteiger partial charge in [-0.25, -0.2) is 0 Å². The van der Waals surface area contributed by atoms with Gasteiger partial charge in [0.25, 0.3) is 0 Å². The lowest BCUT2D eigenvalue weighted by molar-refractivity contribution is -0.152. The Morgan fingerprint density at radius 3 is 2.00 bits per heavy atom. The van der Waals surface area contributed by atoms with E-state index in [1.54, 1.807) is 12.1 Å². The molecule has 2 aromatic rings. The number of carbonyl (C=O) groups excluding carboxylic acids is 4. The van der Waals surface area contributed by atoms with Crippen LogP contribution in [0, 0.1) is 11.8 Å². The summed E-state index contributed by atoms with van der Waals surface area (Å²) in [7, 11) is 0. The maximum absolute atomic E-state index is 12.4. The molecule has 30 heavy (non-hydrogen) atoms. The van der Waals surface area contributed by atoms with E-state index in [-0.39, 0.29) is 29.4 Å². The van der Waals surface area contributed by atoms with Gasteiger partial charge in [-0.3, -0.25) is 24.1 Å². The molecular formula is C24H21NO5. The van der Waals surface area contributed by atoms with Gasteiger partial charge in [0.15, 0.2) is 12.4 Å². The van der Waals surface area contributed by atoms with E-state index >= 15 is 0 Å². The van der Waals surface area contributed by atoms with Crippen LogP contribution in [-0.2, 0) is 19.1 Å². The first-order chi connectivity index (χ1) is 14.5. The fourth-order valence-corrected chi connectivity index (χ4v) is 3.91. The minimum atomic E-state index is -0.766. The van der Waals surface area contributed by atoms with Crippen LogP contribution >= 0.6 is 0 Å². The standard InChI is InChI=1S/C24H21NO5/c26-21(18-12-10-17(11-13-18)16-6-2-1-3-7-16)15-30-22(27)14-25-23(28)19-8-4-5-9-20(19)24(25)29/h1-7,10-13,19-20H,8-9,14-15H2/t19-,20-/m1/s1. The number of ether oxygens (including phenoxy) is 1. The van der Waals surface area contributed by atoms with Crippen LogP contribution < -0.4 is 0 Å². The first kappa shape index (κ1) is 19.8. The van der Waals surface area contributed by atoms with Crippen molar-refractivity contribution in [2.75, 3.05) is 13.2 Å². The molecule has 1 saturated heterocycles. The molecule has 2 aromatic carbocycles. The Kier molecular flexibility index (Phi) is 5.57. The van der Waals surface area contributed by atoms with E-state index in [4.69, 9.17) is 4.74 Å². The van der Waals surface area contributed by atoms with Gasteiger partial charge in [0, 0.05) is 5.56 Å². The first-order valence-electron chi connectivity index (χ1n) is 9.89. The number of Topliss-reactive ketones (excluding diaryl/α,β-unsaturated/α-hetero) is 1. The molecule has 2 atom stereocenters. The summed E-state index contributed by atoms with van der Waals surface area (Å²) >= 11 is 0. The molecule has 0 bridgehead atoms. The smallest absolute Gasteiger partial charge is 0.326 e. The Morgan fingerprint density at radius 1 is 0.833 bits per heavy atom. The van der Waals surface area contributed by atoms with Crippen molar-refractivity contribution in [2.45, 2.75) is 12.8 Å². The highest BCUT2D eigenvalue weighted by molar-refractivity contribution is 6.07. The van der Waals surface area contributed by atoms with Gasteiger partial charge in [-0.05, 0) is 24.0 Å². The molecular weight excluding hydrogens is 382 g/mol. The Labute approximate surface area is 174 Å². The molecule has 6 heteroatoms. The van der Waals surface area contributed by atoms with Gasteiger partial charge in [0.1, 0.15) is 6.54 Å². The average Bonchev–Trinajstić information content (AvgIpc) is 3.03.